The zero-order valence-corrected chi connectivity index (χ0v) is 9.80. The van der Waals surface area contributed by atoms with Gasteiger partial charge in [-0.25, -0.2) is 13.6 Å². The zero-order chi connectivity index (χ0) is 13.0. The Kier molecular flexibility index (Phi) is 4.77. The largest absolute Gasteiger partial charge is 0.462 e. The molecule has 1 heterocycles. The van der Waals surface area contributed by atoms with Crippen molar-refractivity contribution in [3.8, 4) is 0 Å². The summed E-state index contributed by atoms with van der Waals surface area (Å²) in [5.74, 6) is -0.874. The minimum Gasteiger partial charge on any atom is -0.462 e. The summed E-state index contributed by atoms with van der Waals surface area (Å²) >= 11 is 5.72. The molecule has 0 amide bonds. The fraction of sp³-hybridized carbons (Fsp3) is 0.400. The number of esters is 1. The Balaban J connectivity index is 3.31. The van der Waals surface area contributed by atoms with Crippen LogP contribution in [0.2, 0.25) is 5.02 Å². The molecule has 0 aliphatic carbocycles. The number of alkyl halides is 2. The highest BCUT2D eigenvalue weighted by Gasteiger charge is 2.25. The second-order valence-corrected chi connectivity index (χ2v) is 3.45. The SMILES string of the molecule is CCOC(=O)c1cnc(CN)c(Cl)c1C(F)F. The predicted molar refractivity (Wildman–Crippen MR) is 58.1 cm³/mol. The third kappa shape index (κ3) is 2.89. The summed E-state index contributed by atoms with van der Waals surface area (Å²) in [6, 6.07) is 0. The molecule has 7 heteroatoms. The molecule has 0 radical (unpaired) electrons. The van der Waals surface area contributed by atoms with Gasteiger partial charge in [0.25, 0.3) is 6.43 Å². The topological polar surface area (TPSA) is 65.2 Å². The molecule has 0 aliphatic rings. The van der Waals surface area contributed by atoms with E-state index in [9.17, 15) is 13.6 Å². The lowest BCUT2D eigenvalue weighted by Gasteiger charge is -2.11. The number of ether oxygens (including phenoxy) is 1. The summed E-state index contributed by atoms with van der Waals surface area (Å²) < 4.78 is 30.3. The van der Waals surface area contributed by atoms with E-state index in [0.717, 1.165) is 6.20 Å². The molecule has 0 aromatic carbocycles. The lowest BCUT2D eigenvalue weighted by molar-refractivity contribution is 0.0515. The number of rotatable bonds is 4. The maximum Gasteiger partial charge on any atom is 0.340 e. The van der Waals surface area contributed by atoms with Crippen LogP contribution >= 0.6 is 11.6 Å². The minimum absolute atomic E-state index is 0.0811. The number of hydrogen-bond donors (Lipinski definition) is 1. The van der Waals surface area contributed by atoms with Gasteiger partial charge in [0.2, 0.25) is 0 Å². The van der Waals surface area contributed by atoms with Crippen LogP contribution < -0.4 is 5.73 Å². The van der Waals surface area contributed by atoms with Gasteiger partial charge in [0, 0.05) is 12.7 Å². The number of nitrogens with zero attached hydrogens (tertiary/aromatic N) is 1. The Bertz CT molecular complexity index is 427. The summed E-state index contributed by atoms with van der Waals surface area (Å²) in [6.45, 7) is 1.57. The fourth-order valence-corrected chi connectivity index (χ4v) is 1.58. The number of nitrogens with two attached hydrogens (primary N) is 1. The normalized spacial score (nSPS) is 10.7. The number of carbonyl (C=O) groups is 1. The molecule has 0 saturated carbocycles. The Morgan fingerprint density at radius 2 is 2.29 bits per heavy atom. The van der Waals surface area contributed by atoms with Crippen molar-refractivity contribution in [3.05, 3.63) is 28.0 Å². The molecule has 17 heavy (non-hydrogen) atoms. The van der Waals surface area contributed by atoms with Gasteiger partial charge in [0.05, 0.1) is 28.5 Å². The van der Waals surface area contributed by atoms with Crippen LogP contribution in [0.25, 0.3) is 0 Å². The Labute approximate surface area is 102 Å². The molecule has 4 nitrogen and oxygen atoms in total. The first-order valence-corrected chi connectivity index (χ1v) is 5.23. The van der Waals surface area contributed by atoms with Crippen LogP contribution in [0.1, 0.15) is 35.0 Å². The number of aromatic nitrogens is 1. The third-order valence-corrected chi connectivity index (χ3v) is 2.46. The van der Waals surface area contributed by atoms with Gasteiger partial charge in [0.15, 0.2) is 0 Å². The van der Waals surface area contributed by atoms with Gasteiger partial charge < -0.3 is 10.5 Å². The molecule has 0 unspecified atom stereocenters. The summed E-state index contributed by atoms with van der Waals surface area (Å²) in [5.41, 5.74) is 4.50. The summed E-state index contributed by atoms with van der Waals surface area (Å²) in [5, 5.41) is -0.284. The quantitative estimate of drug-likeness (QED) is 0.848. The monoisotopic (exact) mass is 264 g/mol. The Hall–Kier alpha value is -1.27. The number of halogens is 3. The summed E-state index contributed by atoms with van der Waals surface area (Å²) in [4.78, 5) is 15.2. The molecule has 1 aromatic rings. The van der Waals surface area contributed by atoms with Crippen LogP contribution in [-0.2, 0) is 11.3 Å². The molecule has 0 fully saturated rings. The Morgan fingerprint density at radius 1 is 1.65 bits per heavy atom. The van der Waals surface area contributed by atoms with Crippen LogP contribution in [0, 0.1) is 0 Å². The lowest BCUT2D eigenvalue weighted by atomic mass is 10.1. The fourth-order valence-electron chi connectivity index (χ4n) is 1.27. The van der Waals surface area contributed by atoms with E-state index in [0.29, 0.717) is 0 Å². The maximum absolute atomic E-state index is 12.8. The van der Waals surface area contributed by atoms with Crippen LogP contribution in [0.15, 0.2) is 6.20 Å². The third-order valence-electron chi connectivity index (χ3n) is 2.04. The minimum atomic E-state index is -2.89. The van der Waals surface area contributed by atoms with Gasteiger partial charge in [-0.2, -0.15) is 0 Å². The smallest absolute Gasteiger partial charge is 0.340 e. The van der Waals surface area contributed by atoms with E-state index >= 15 is 0 Å². The highest BCUT2D eigenvalue weighted by atomic mass is 35.5. The first-order chi connectivity index (χ1) is 8.02. The number of hydrogen-bond acceptors (Lipinski definition) is 4. The Morgan fingerprint density at radius 3 is 2.76 bits per heavy atom. The first-order valence-electron chi connectivity index (χ1n) is 4.85. The molecule has 0 aliphatic heterocycles. The summed E-state index contributed by atoms with van der Waals surface area (Å²) in [6.07, 6.45) is -1.89. The van der Waals surface area contributed by atoms with Crippen molar-refractivity contribution in [2.45, 2.75) is 19.9 Å². The standard InChI is InChI=1S/C10H11ClF2N2O2/c1-2-17-10(16)5-4-15-6(3-14)8(11)7(5)9(12)13/h4,9H,2-3,14H2,1H3. The average Bonchev–Trinajstić information content (AvgIpc) is 2.28. The first kappa shape index (κ1) is 13.8. The molecule has 0 bridgehead atoms. The van der Waals surface area contributed by atoms with Crippen molar-refractivity contribution in [1.82, 2.24) is 4.98 Å². The molecular weight excluding hydrogens is 254 g/mol. The van der Waals surface area contributed by atoms with E-state index in [1.165, 1.54) is 0 Å². The van der Waals surface area contributed by atoms with Gasteiger partial charge >= 0.3 is 5.97 Å². The molecular formula is C10H11ClF2N2O2. The van der Waals surface area contributed by atoms with Gasteiger partial charge in [0.1, 0.15) is 0 Å². The van der Waals surface area contributed by atoms with Gasteiger partial charge in [-0.3, -0.25) is 4.98 Å². The molecule has 94 valence electrons. The highest BCUT2D eigenvalue weighted by molar-refractivity contribution is 6.32. The highest BCUT2D eigenvalue weighted by Crippen LogP contribution is 2.32. The van der Waals surface area contributed by atoms with Crippen molar-refractivity contribution >= 4 is 17.6 Å². The van der Waals surface area contributed by atoms with Gasteiger partial charge in [-0.15, -0.1) is 0 Å². The van der Waals surface area contributed by atoms with Crippen molar-refractivity contribution in [3.63, 3.8) is 0 Å². The van der Waals surface area contributed by atoms with Crippen LogP contribution in [0.3, 0.4) is 0 Å². The average molecular weight is 265 g/mol. The van der Waals surface area contributed by atoms with Gasteiger partial charge in [-0.05, 0) is 6.92 Å². The van der Waals surface area contributed by atoms with Crippen molar-refractivity contribution in [2.24, 2.45) is 5.73 Å². The van der Waals surface area contributed by atoms with Crippen molar-refractivity contribution < 1.29 is 18.3 Å². The molecule has 1 rings (SSSR count). The van der Waals surface area contributed by atoms with E-state index in [2.05, 4.69) is 9.72 Å². The molecule has 2 N–H and O–H groups in total. The molecule has 0 spiro atoms. The van der Waals surface area contributed by atoms with E-state index in [4.69, 9.17) is 17.3 Å². The van der Waals surface area contributed by atoms with E-state index in [-0.39, 0.29) is 29.4 Å². The predicted octanol–water partition coefficient (Wildman–Crippen LogP) is 2.31. The molecule has 0 atom stereocenters. The second kappa shape index (κ2) is 5.88. The maximum atomic E-state index is 12.8. The van der Waals surface area contributed by atoms with Crippen LogP contribution in [0.5, 0.6) is 0 Å². The molecule has 1 aromatic heterocycles. The van der Waals surface area contributed by atoms with Crippen molar-refractivity contribution in [1.29, 1.82) is 0 Å². The van der Waals surface area contributed by atoms with E-state index in [1.54, 1.807) is 6.92 Å². The van der Waals surface area contributed by atoms with E-state index < -0.39 is 18.0 Å². The van der Waals surface area contributed by atoms with E-state index in [1.807, 2.05) is 0 Å². The second-order valence-electron chi connectivity index (χ2n) is 3.07. The van der Waals surface area contributed by atoms with Crippen molar-refractivity contribution in [2.75, 3.05) is 6.61 Å². The molecule has 0 saturated heterocycles. The van der Waals surface area contributed by atoms with Crippen LogP contribution in [-0.4, -0.2) is 17.6 Å². The van der Waals surface area contributed by atoms with Crippen LogP contribution in [0.4, 0.5) is 8.78 Å². The van der Waals surface area contributed by atoms with Gasteiger partial charge in [-0.1, -0.05) is 11.6 Å². The number of pyridine rings is 1. The lowest BCUT2D eigenvalue weighted by Crippen LogP contribution is -2.12. The zero-order valence-electron chi connectivity index (χ0n) is 9.04. The number of carbonyl (C=O) groups excluding carboxylic acids is 1. The summed E-state index contributed by atoms with van der Waals surface area (Å²) in [7, 11) is 0.